The molecule has 0 aliphatic heterocycles. The van der Waals surface area contributed by atoms with Gasteiger partial charge in [-0.3, -0.25) is 4.79 Å². The lowest BCUT2D eigenvalue weighted by molar-refractivity contribution is -0.128. The maximum Gasteiger partial charge on any atom is 0.136 e. The van der Waals surface area contributed by atoms with Crippen LogP contribution in [0.4, 0.5) is 0 Å². The molecule has 2 nitrogen and oxygen atoms in total. The molecule has 62 valence electrons. The first kappa shape index (κ1) is 8.44. The minimum absolute atomic E-state index is 0.0567. The molecule has 0 radical (unpaired) electrons. The van der Waals surface area contributed by atoms with Crippen LogP contribution in [0.2, 0.25) is 0 Å². The zero-order chi connectivity index (χ0) is 8.27. The van der Waals surface area contributed by atoms with Crippen LogP contribution in [0.5, 0.6) is 0 Å². The van der Waals surface area contributed by atoms with E-state index in [4.69, 9.17) is 0 Å². The largest absolute Gasteiger partial charge is 0.300 e. The highest BCUT2D eigenvalue weighted by Gasteiger charge is 2.22. The standard InChI is InChI=1S/C9H14O2/c1-7(10)6-8-4-2-3-5-9(8)11/h8H,2-6H2,1H3/t8-/m1/s1. The summed E-state index contributed by atoms with van der Waals surface area (Å²) in [6.45, 7) is 1.56. The molecule has 2 heteroatoms. The molecule has 0 N–H and O–H groups in total. The van der Waals surface area contributed by atoms with Crippen LogP contribution in [0, 0.1) is 5.92 Å². The van der Waals surface area contributed by atoms with Crippen molar-refractivity contribution in [2.75, 3.05) is 0 Å². The van der Waals surface area contributed by atoms with Crippen molar-refractivity contribution in [3.8, 4) is 0 Å². The molecule has 0 aromatic carbocycles. The molecule has 1 aliphatic rings. The second kappa shape index (κ2) is 3.65. The molecule has 0 aromatic rings. The van der Waals surface area contributed by atoms with Crippen LogP contribution in [-0.2, 0) is 9.59 Å². The van der Waals surface area contributed by atoms with Crippen molar-refractivity contribution < 1.29 is 9.59 Å². The number of hydrogen-bond acceptors (Lipinski definition) is 2. The van der Waals surface area contributed by atoms with Gasteiger partial charge in [0.25, 0.3) is 0 Å². The molecule has 1 saturated carbocycles. The molecular formula is C9H14O2. The number of rotatable bonds is 2. The van der Waals surface area contributed by atoms with Gasteiger partial charge in [-0.2, -0.15) is 0 Å². The molecule has 1 fully saturated rings. The van der Waals surface area contributed by atoms with Gasteiger partial charge in [0.15, 0.2) is 0 Å². The Kier molecular flexibility index (Phi) is 2.80. The lowest BCUT2D eigenvalue weighted by atomic mass is 9.85. The van der Waals surface area contributed by atoms with Crippen molar-refractivity contribution in [2.24, 2.45) is 5.92 Å². The van der Waals surface area contributed by atoms with Gasteiger partial charge in [-0.1, -0.05) is 6.42 Å². The molecule has 0 saturated heterocycles. The summed E-state index contributed by atoms with van der Waals surface area (Å²) in [6, 6.07) is 0. The van der Waals surface area contributed by atoms with Gasteiger partial charge in [0.2, 0.25) is 0 Å². The molecule has 0 amide bonds. The Balaban J connectivity index is 2.42. The predicted molar refractivity (Wildman–Crippen MR) is 42.3 cm³/mol. The van der Waals surface area contributed by atoms with Gasteiger partial charge >= 0.3 is 0 Å². The smallest absolute Gasteiger partial charge is 0.136 e. The van der Waals surface area contributed by atoms with Crippen molar-refractivity contribution in [2.45, 2.75) is 39.0 Å². The Morgan fingerprint density at radius 2 is 2.27 bits per heavy atom. The van der Waals surface area contributed by atoms with Gasteiger partial charge in [-0.15, -0.1) is 0 Å². The summed E-state index contributed by atoms with van der Waals surface area (Å²) < 4.78 is 0. The SMILES string of the molecule is CC(=O)C[C@H]1CCCCC1=O. The van der Waals surface area contributed by atoms with Gasteiger partial charge in [-0.25, -0.2) is 0 Å². The van der Waals surface area contributed by atoms with Gasteiger partial charge in [0, 0.05) is 18.8 Å². The second-order valence-electron chi connectivity index (χ2n) is 3.32. The molecule has 0 aromatic heterocycles. The first-order valence-electron chi connectivity index (χ1n) is 4.22. The van der Waals surface area contributed by atoms with E-state index in [-0.39, 0.29) is 11.7 Å². The summed E-state index contributed by atoms with van der Waals surface area (Å²) in [5.41, 5.74) is 0. The summed E-state index contributed by atoms with van der Waals surface area (Å²) in [5.74, 6) is 0.498. The van der Waals surface area contributed by atoms with E-state index in [1.807, 2.05) is 0 Å². The molecular weight excluding hydrogens is 140 g/mol. The highest BCUT2D eigenvalue weighted by molar-refractivity contribution is 5.87. The molecule has 11 heavy (non-hydrogen) atoms. The van der Waals surface area contributed by atoms with Crippen LogP contribution in [-0.4, -0.2) is 11.6 Å². The molecule has 0 unspecified atom stereocenters. The summed E-state index contributed by atoms with van der Waals surface area (Å²) in [7, 11) is 0. The fraction of sp³-hybridized carbons (Fsp3) is 0.778. The van der Waals surface area contributed by atoms with Crippen molar-refractivity contribution in [3.05, 3.63) is 0 Å². The lowest BCUT2D eigenvalue weighted by Gasteiger charge is -2.18. The summed E-state index contributed by atoms with van der Waals surface area (Å²) in [5, 5.41) is 0. The van der Waals surface area contributed by atoms with Gasteiger partial charge in [0.1, 0.15) is 11.6 Å². The monoisotopic (exact) mass is 154 g/mol. The van der Waals surface area contributed by atoms with E-state index in [9.17, 15) is 9.59 Å². The third kappa shape index (κ3) is 2.45. The first-order valence-corrected chi connectivity index (χ1v) is 4.22. The van der Waals surface area contributed by atoms with Crippen molar-refractivity contribution in [1.82, 2.24) is 0 Å². The Hall–Kier alpha value is -0.660. The van der Waals surface area contributed by atoms with E-state index in [0.29, 0.717) is 18.6 Å². The molecule has 0 spiro atoms. The summed E-state index contributed by atoms with van der Waals surface area (Å²) >= 11 is 0. The second-order valence-corrected chi connectivity index (χ2v) is 3.32. The van der Waals surface area contributed by atoms with Crippen LogP contribution >= 0.6 is 0 Å². The fourth-order valence-corrected chi connectivity index (χ4v) is 1.62. The van der Waals surface area contributed by atoms with Gasteiger partial charge < -0.3 is 4.79 Å². The van der Waals surface area contributed by atoms with Crippen LogP contribution < -0.4 is 0 Å². The maximum absolute atomic E-state index is 11.2. The fourth-order valence-electron chi connectivity index (χ4n) is 1.62. The number of ketones is 2. The van der Waals surface area contributed by atoms with Gasteiger partial charge in [-0.05, 0) is 19.8 Å². The molecule has 1 aliphatic carbocycles. The Labute approximate surface area is 67.0 Å². The third-order valence-corrected chi connectivity index (χ3v) is 2.21. The molecule has 1 atom stereocenters. The van der Waals surface area contributed by atoms with E-state index in [0.717, 1.165) is 19.3 Å². The van der Waals surface area contributed by atoms with E-state index in [1.165, 1.54) is 0 Å². The normalized spacial score (nSPS) is 25.2. The molecule has 0 heterocycles. The number of carbonyl (C=O) groups is 2. The number of hydrogen-bond donors (Lipinski definition) is 0. The summed E-state index contributed by atoms with van der Waals surface area (Å²) in [4.78, 5) is 21.9. The topological polar surface area (TPSA) is 34.1 Å². The van der Waals surface area contributed by atoms with E-state index in [1.54, 1.807) is 6.92 Å². The quantitative estimate of drug-likeness (QED) is 0.607. The average Bonchev–Trinajstić information content (AvgIpc) is 1.93. The van der Waals surface area contributed by atoms with Crippen molar-refractivity contribution >= 4 is 11.6 Å². The summed E-state index contributed by atoms with van der Waals surface area (Å²) in [6.07, 6.45) is 4.23. The van der Waals surface area contributed by atoms with E-state index >= 15 is 0 Å². The van der Waals surface area contributed by atoms with Crippen LogP contribution in [0.25, 0.3) is 0 Å². The lowest BCUT2D eigenvalue weighted by Crippen LogP contribution is -2.20. The minimum Gasteiger partial charge on any atom is -0.300 e. The zero-order valence-electron chi connectivity index (χ0n) is 6.93. The predicted octanol–water partition coefficient (Wildman–Crippen LogP) is 1.72. The Bertz CT molecular complexity index is 172. The molecule has 0 bridgehead atoms. The highest BCUT2D eigenvalue weighted by atomic mass is 16.1. The van der Waals surface area contributed by atoms with Gasteiger partial charge in [0.05, 0.1) is 0 Å². The third-order valence-electron chi connectivity index (χ3n) is 2.21. The van der Waals surface area contributed by atoms with Crippen LogP contribution in [0.1, 0.15) is 39.0 Å². The Morgan fingerprint density at radius 1 is 1.55 bits per heavy atom. The number of carbonyl (C=O) groups excluding carboxylic acids is 2. The number of Topliss-reactive ketones (excluding diaryl/α,β-unsaturated/α-hetero) is 2. The minimum atomic E-state index is 0.0567. The zero-order valence-corrected chi connectivity index (χ0v) is 6.93. The maximum atomic E-state index is 11.2. The van der Waals surface area contributed by atoms with E-state index in [2.05, 4.69) is 0 Å². The first-order chi connectivity index (χ1) is 5.20. The van der Waals surface area contributed by atoms with E-state index < -0.39 is 0 Å². The van der Waals surface area contributed by atoms with Crippen LogP contribution in [0.3, 0.4) is 0 Å². The molecule has 1 rings (SSSR count). The van der Waals surface area contributed by atoms with Crippen molar-refractivity contribution in [1.29, 1.82) is 0 Å². The average molecular weight is 154 g/mol. The van der Waals surface area contributed by atoms with Crippen LogP contribution in [0.15, 0.2) is 0 Å². The van der Waals surface area contributed by atoms with Crippen molar-refractivity contribution in [3.63, 3.8) is 0 Å². The Morgan fingerprint density at radius 3 is 2.82 bits per heavy atom. The highest BCUT2D eigenvalue weighted by Crippen LogP contribution is 2.23.